The van der Waals surface area contributed by atoms with Crippen molar-refractivity contribution in [3.63, 3.8) is 0 Å². The number of hydrogen-bond donors (Lipinski definition) is 2. The van der Waals surface area contributed by atoms with Crippen LogP contribution in [0.15, 0.2) is 22.5 Å². The summed E-state index contributed by atoms with van der Waals surface area (Å²) in [6.45, 7) is 6.12. The fraction of sp³-hybridized carbons (Fsp3) is 0.762. The van der Waals surface area contributed by atoms with Crippen LogP contribution in [0.3, 0.4) is 0 Å². The summed E-state index contributed by atoms with van der Waals surface area (Å²) < 4.78 is 11.3. The van der Waals surface area contributed by atoms with Crippen molar-refractivity contribution in [2.75, 3.05) is 40.0 Å². The smallest absolute Gasteiger partial charge is 0.191 e. The van der Waals surface area contributed by atoms with E-state index in [4.69, 9.17) is 14.5 Å². The molecule has 1 aromatic rings. The predicted octanol–water partition coefficient (Wildman–Crippen LogP) is 3.70. The molecule has 1 saturated heterocycles. The van der Waals surface area contributed by atoms with E-state index in [0.717, 1.165) is 45.1 Å². The van der Waals surface area contributed by atoms with Gasteiger partial charge in [-0.05, 0) is 31.2 Å². The lowest BCUT2D eigenvalue weighted by atomic mass is 9.73. The third kappa shape index (κ3) is 5.24. The van der Waals surface area contributed by atoms with Gasteiger partial charge in [0.2, 0.25) is 0 Å². The summed E-state index contributed by atoms with van der Waals surface area (Å²) in [5, 5.41) is 9.29. The Hall–Kier alpha value is -1.11. The van der Waals surface area contributed by atoms with Crippen LogP contribution in [0.5, 0.6) is 0 Å². The highest BCUT2D eigenvalue weighted by Gasteiger charge is 2.35. The third-order valence-corrected chi connectivity index (χ3v) is 7.27. The van der Waals surface area contributed by atoms with Gasteiger partial charge >= 0.3 is 0 Å². The van der Waals surface area contributed by atoms with E-state index in [1.165, 1.54) is 37.0 Å². The van der Waals surface area contributed by atoms with Crippen molar-refractivity contribution >= 4 is 17.3 Å². The zero-order chi connectivity index (χ0) is 19.0. The Morgan fingerprint density at radius 2 is 1.96 bits per heavy atom. The molecule has 5 nitrogen and oxygen atoms in total. The molecule has 0 unspecified atom stereocenters. The van der Waals surface area contributed by atoms with Gasteiger partial charge in [-0.15, -0.1) is 11.3 Å². The van der Waals surface area contributed by atoms with Crippen LogP contribution in [0.2, 0.25) is 0 Å². The molecule has 2 N–H and O–H groups in total. The van der Waals surface area contributed by atoms with E-state index in [0.29, 0.717) is 6.54 Å². The monoisotopic (exact) mass is 393 g/mol. The molecule has 0 bridgehead atoms. The Bertz CT molecular complexity index is 576. The molecule has 1 aliphatic heterocycles. The molecule has 152 valence electrons. The molecule has 2 aliphatic rings. The minimum Gasteiger partial charge on any atom is -0.381 e. The summed E-state index contributed by atoms with van der Waals surface area (Å²) >= 11 is 1.90. The van der Waals surface area contributed by atoms with Gasteiger partial charge in [0.15, 0.2) is 5.96 Å². The normalized spacial score (nSPS) is 22.4. The fourth-order valence-electron chi connectivity index (χ4n) is 4.31. The van der Waals surface area contributed by atoms with Gasteiger partial charge in [-0.1, -0.05) is 25.3 Å². The van der Waals surface area contributed by atoms with E-state index in [2.05, 4.69) is 35.1 Å². The maximum Gasteiger partial charge on any atom is 0.191 e. The maximum atomic E-state index is 5.84. The molecule has 1 aromatic heterocycles. The number of ether oxygens (including phenoxy) is 2. The summed E-state index contributed by atoms with van der Waals surface area (Å²) in [5.74, 6) is 0.905. The van der Waals surface area contributed by atoms with Crippen molar-refractivity contribution in [2.45, 2.75) is 62.9 Å². The molecule has 27 heavy (non-hydrogen) atoms. The van der Waals surface area contributed by atoms with Crippen molar-refractivity contribution < 1.29 is 9.47 Å². The van der Waals surface area contributed by atoms with Crippen LogP contribution in [-0.4, -0.2) is 51.5 Å². The molecule has 2 heterocycles. The maximum absolute atomic E-state index is 5.84. The van der Waals surface area contributed by atoms with Crippen molar-refractivity contribution in [3.05, 3.63) is 22.4 Å². The summed E-state index contributed by atoms with van der Waals surface area (Å²) in [6, 6.07) is 4.49. The molecule has 1 aliphatic carbocycles. The SMILES string of the molecule is CCNC(=NCC1(OC)CCOCC1)NCC1(c2cccs2)CCCCC1. The minimum atomic E-state index is -0.184. The first-order valence-electron chi connectivity index (χ1n) is 10.4. The molecule has 0 aromatic carbocycles. The second kappa shape index (κ2) is 9.89. The fourth-order valence-corrected chi connectivity index (χ4v) is 5.29. The first kappa shape index (κ1) is 20.6. The van der Waals surface area contributed by atoms with Crippen molar-refractivity contribution in [2.24, 2.45) is 4.99 Å². The highest BCUT2D eigenvalue weighted by Crippen LogP contribution is 2.41. The largest absolute Gasteiger partial charge is 0.381 e. The Balaban J connectivity index is 1.67. The number of aliphatic imine (C=N–C) groups is 1. The van der Waals surface area contributed by atoms with Crippen LogP contribution in [0.25, 0.3) is 0 Å². The van der Waals surface area contributed by atoms with Crippen LogP contribution in [-0.2, 0) is 14.9 Å². The molecular formula is C21H35N3O2S. The first-order chi connectivity index (χ1) is 13.2. The Labute approximate surface area is 167 Å². The quantitative estimate of drug-likeness (QED) is 0.548. The molecule has 2 fully saturated rings. The van der Waals surface area contributed by atoms with Gasteiger partial charge in [-0.2, -0.15) is 0 Å². The van der Waals surface area contributed by atoms with Crippen LogP contribution in [0, 0.1) is 0 Å². The van der Waals surface area contributed by atoms with Crippen molar-refractivity contribution in [3.8, 4) is 0 Å². The van der Waals surface area contributed by atoms with Crippen molar-refractivity contribution in [1.82, 2.24) is 10.6 Å². The second-order valence-corrected chi connectivity index (χ2v) is 8.81. The average Bonchev–Trinajstić information content (AvgIpc) is 3.27. The molecular weight excluding hydrogens is 358 g/mol. The van der Waals surface area contributed by atoms with E-state index < -0.39 is 0 Å². The van der Waals surface area contributed by atoms with Crippen LogP contribution < -0.4 is 10.6 Å². The number of nitrogens with zero attached hydrogens (tertiary/aromatic N) is 1. The summed E-state index contributed by atoms with van der Waals surface area (Å²) in [7, 11) is 1.80. The lowest BCUT2D eigenvalue weighted by Gasteiger charge is -2.37. The number of nitrogens with one attached hydrogen (secondary N) is 2. The molecule has 0 atom stereocenters. The van der Waals surface area contributed by atoms with Gasteiger partial charge in [0.1, 0.15) is 0 Å². The topological polar surface area (TPSA) is 54.9 Å². The lowest BCUT2D eigenvalue weighted by molar-refractivity contribution is -0.0828. The zero-order valence-electron chi connectivity index (χ0n) is 16.9. The van der Waals surface area contributed by atoms with Gasteiger partial charge in [0.05, 0.1) is 12.1 Å². The van der Waals surface area contributed by atoms with Crippen LogP contribution >= 0.6 is 11.3 Å². The van der Waals surface area contributed by atoms with E-state index in [9.17, 15) is 0 Å². The van der Waals surface area contributed by atoms with Gasteiger partial charge in [0.25, 0.3) is 0 Å². The Kier molecular flexibility index (Phi) is 7.56. The molecule has 0 amide bonds. The summed E-state index contributed by atoms with van der Waals surface area (Å²) in [6.07, 6.45) is 8.34. The molecule has 3 rings (SSSR count). The van der Waals surface area contributed by atoms with Crippen LogP contribution in [0.4, 0.5) is 0 Å². The molecule has 0 radical (unpaired) electrons. The van der Waals surface area contributed by atoms with Gasteiger partial charge < -0.3 is 20.1 Å². The van der Waals surface area contributed by atoms with E-state index >= 15 is 0 Å². The molecule has 6 heteroatoms. The highest BCUT2D eigenvalue weighted by atomic mass is 32.1. The minimum absolute atomic E-state index is 0.184. The van der Waals surface area contributed by atoms with E-state index in [1.807, 2.05) is 11.3 Å². The van der Waals surface area contributed by atoms with Gasteiger partial charge in [0, 0.05) is 56.5 Å². The lowest BCUT2D eigenvalue weighted by Crippen LogP contribution is -2.47. The van der Waals surface area contributed by atoms with Gasteiger partial charge in [-0.3, -0.25) is 4.99 Å². The zero-order valence-corrected chi connectivity index (χ0v) is 17.7. The number of hydrogen-bond acceptors (Lipinski definition) is 4. The highest BCUT2D eigenvalue weighted by molar-refractivity contribution is 7.10. The number of methoxy groups -OCH3 is 1. The van der Waals surface area contributed by atoms with E-state index in [-0.39, 0.29) is 11.0 Å². The first-order valence-corrected chi connectivity index (χ1v) is 11.3. The second-order valence-electron chi connectivity index (χ2n) is 7.87. The van der Waals surface area contributed by atoms with Gasteiger partial charge in [-0.25, -0.2) is 0 Å². The molecule has 0 spiro atoms. The standard InChI is InChI=1S/C21H35N3O2S/c1-3-22-19(24-17-21(25-2)11-13-26-14-12-21)23-16-20(9-5-4-6-10-20)18-8-7-15-27-18/h7-8,15H,3-6,9-14,16-17H2,1-2H3,(H2,22,23,24). The Morgan fingerprint density at radius 3 is 2.59 bits per heavy atom. The molecule has 1 saturated carbocycles. The summed E-state index contributed by atoms with van der Waals surface area (Å²) in [5.41, 5.74) is 0.0666. The predicted molar refractivity (Wildman–Crippen MR) is 113 cm³/mol. The van der Waals surface area contributed by atoms with Crippen LogP contribution in [0.1, 0.15) is 56.7 Å². The number of guanidine groups is 1. The van der Waals surface area contributed by atoms with Crippen molar-refractivity contribution in [1.29, 1.82) is 0 Å². The number of rotatable bonds is 7. The van der Waals surface area contributed by atoms with E-state index in [1.54, 1.807) is 7.11 Å². The third-order valence-electron chi connectivity index (χ3n) is 6.16. The number of thiophene rings is 1. The Morgan fingerprint density at radius 1 is 1.19 bits per heavy atom. The average molecular weight is 394 g/mol. The summed E-state index contributed by atoms with van der Waals surface area (Å²) in [4.78, 5) is 6.41.